The Morgan fingerprint density at radius 1 is 1.00 bits per heavy atom. The van der Waals surface area contributed by atoms with E-state index in [1.807, 2.05) is 6.07 Å². The molecule has 2 aliphatic rings. The molecule has 1 aliphatic heterocycles. The zero-order valence-corrected chi connectivity index (χ0v) is 14.1. The number of carbonyl (C=O) groups excluding carboxylic acids is 2. The van der Waals surface area contributed by atoms with E-state index < -0.39 is 11.7 Å². The molecule has 4 rings (SSSR count). The number of fused-ring (bicyclic) bond motifs is 1. The predicted molar refractivity (Wildman–Crippen MR) is 94.2 cm³/mol. The summed E-state index contributed by atoms with van der Waals surface area (Å²) in [7, 11) is 0. The highest BCUT2D eigenvalue weighted by Gasteiger charge is 2.44. The van der Waals surface area contributed by atoms with Gasteiger partial charge in [-0.15, -0.1) is 0 Å². The second-order valence-corrected chi connectivity index (χ2v) is 6.30. The fourth-order valence-electron chi connectivity index (χ4n) is 3.33. The average molecular weight is 363 g/mol. The smallest absolute Gasteiger partial charge is 0.229 e. The maximum Gasteiger partial charge on any atom is 0.229 e. The van der Waals surface area contributed by atoms with Crippen LogP contribution in [0.5, 0.6) is 0 Å². The molecule has 26 heavy (non-hydrogen) atoms. The van der Waals surface area contributed by atoms with Gasteiger partial charge in [-0.1, -0.05) is 54.1 Å². The number of carbonyl (C=O) groups is 2. The Kier molecular flexibility index (Phi) is 3.64. The Morgan fingerprint density at radius 2 is 1.62 bits per heavy atom. The summed E-state index contributed by atoms with van der Waals surface area (Å²) in [6.45, 7) is 0. The molecule has 0 saturated heterocycles. The van der Waals surface area contributed by atoms with Gasteiger partial charge in [-0.05, 0) is 11.6 Å². The molecule has 5 nitrogen and oxygen atoms in total. The monoisotopic (exact) mass is 362 g/mol. The summed E-state index contributed by atoms with van der Waals surface area (Å²) in [6.07, 6.45) is 0. The van der Waals surface area contributed by atoms with Crippen LogP contribution in [0, 0.1) is 11.3 Å². The lowest BCUT2D eigenvalue weighted by molar-refractivity contribution is 0.0897. The first-order chi connectivity index (χ1) is 12.5. The fraction of sp³-hybridized carbons (Fsp3) is 0.0500. The number of allylic oxidation sites excluding steroid dienone is 3. The van der Waals surface area contributed by atoms with Gasteiger partial charge in [-0.25, -0.2) is 0 Å². The molecule has 2 aromatic carbocycles. The molecule has 0 aromatic heterocycles. The highest BCUT2D eigenvalue weighted by atomic mass is 35.5. The Morgan fingerprint density at radius 3 is 2.27 bits per heavy atom. The van der Waals surface area contributed by atoms with Crippen molar-refractivity contribution in [1.82, 2.24) is 0 Å². The van der Waals surface area contributed by atoms with Crippen molar-refractivity contribution in [1.29, 1.82) is 5.26 Å². The molecular formula is C20H11ClN2O3. The van der Waals surface area contributed by atoms with E-state index in [0.717, 1.165) is 0 Å². The van der Waals surface area contributed by atoms with E-state index in [1.54, 1.807) is 48.5 Å². The number of hydrogen-bond acceptors (Lipinski definition) is 5. The van der Waals surface area contributed by atoms with Crippen molar-refractivity contribution in [2.75, 3.05) is 0 Å². The van der Waals surface area contributed by atoms with Gasteiger partial charge in [0, 0.05) is 16.1 Å². The molecule has 2 aromatic rings. The first-order valence-corrected chi connectivity index (χ1v) is 8.17. The zero-order valence-electron chi connectivity index (χ0n) is 13.3. The summed E-state index contributed by atoms with van der Waals surface area (Å²) in [5.74, 6) is -2.01. The number of ketones is 2. The molecule has 126 valence electrons. The van der Waals surface area contributed by atoms with Gasteiger partial charge >= 0.3 is 0 Å². The van der Waals surface area contributed by atoms with Crippen molar-refractivity contribution in [3.05, 3.63) is 93.0 Å². The van der Waals surface area contributed by atoms with E-state index in [4.69, 9.17) is 22.1 Å². The standard InChI is InChI=1S/C20H11ClN2O3/c21-14-8-4-3-7-12(14)15-13(9-22)20(23)26-19-16(15)17(24)10-5-1-2-6-11(10)18(19)25/h1-8,15H,23H2. The summed E-state index contributed by atoms with van der Waals surface area (Å²) in [5.41, 5.74) is 7.08. The van der Waals surface area contributed by atoms with Crippen molar-refractivity contribution in [3.8, 4) is 6.07 Å². The van der Waals surface area contributed by atoms with Crippen molar-refractivity contribution in [2.45, 2.75) is 5.92 Å². The van der Waals surface area contributed by atoms with Gasteiger partial charge in [0.2, 0.25) is 11.7 Å². The molecule has 0 fully saturated rings. The molecule has 0 radical (unpaired) electrons. The van der Waals surface area contributed by atoms with Crippen LogP contribution < -0.4 is 5.73 Å². The zero-order chi connectivity index (χ0) is 18.4. The SMILES string of the molecule is N#CC1=C(N)OC2=C(C(=O)c3ccccc3C2=O)C1c1ccccc1Cl. The van der Waals surface area contributed by atoms with Gasteiger partial charge in [0.05, 0.1) is 11.5 Å². The molecule has 1 atom stereocenters. The number of Topliss-reactive ketones (excluding diaryl/α,β-unsaturated/α-hetero) is 2. The molecule has 6 heteroatoms. The molecule has 1 heterocycles. The second kappa shape index (κ2) is 5.87. The lowest BCUT2D eigenvalue weighted by atomic mass is 9.75. The third-order valence-electron chi connectivity index (χ3n) is 4.50. The molecule has 0 saturated carbocycles. The number of rotatable bonds is 1. The lowest BCUT2D eigenvalue weighted by Crippen LogP contribution is -2.32. The van der Waals surface area contributed by atoms with Crippen LogP contribution in [-0.4, -0.2) is 11.6 Å². The highest BCUT2D eigenvalue weighted by molar-refractivity contribution is 6.32. The molecule has 2 N–H and O–H groups in total. The summed E-state index contributed by atoms with van der Waals surface area (Å²) in [6, 6.07) is 15.3. The van der Waals surface area contributed by atoms with E-state index in [9.17, 15) is 14.9 Å². The van der Waals surface area contributed by atoms with Crippen LogP contribution in [0.3, 0.4) is 0 Å². The summed E-state index contributed by atoms with van der Waals surface area (Å²) in [5, 5.41) is 9.96. The molecule has 0 bridgehead atoms. The second-order valence-electron chi connectivity index (χ2n) is 5.89. The van der Waals surface area contributed by atoms with Crippen molar-refractivity contribution >= 4 is 23.2 Å². The normalized spacial score (nSPS) is 18.8. The summed E-state index contributed by atoms with van der Waals surface area (Å²) < 4.78 is 5.43. The van der Waals surface area contributed by atoms with Gasteiger partial charge in [-0.2, -0.15) is 5.26 Å². The van der Waals surface area contributed by atoms with Crippen LogP contribution in [0.2, 0.25) is 5.02 Å². The minimum Gasteiger partial charge on any atom is -0.436 e. The van der Waals surface area contributed by atoms with Crippen molar-refractivity contribution in [3.63, 3.8) is 0 Å². The van der Waals surface area contributed by atoms with E-state index in [-0.39, 0.29) is 39.7 Å². The minimum absolute atomic E-state index is 0.0531. The maximum absolute atomic E-state index is 13.2. The van der Waals surface area contributed by atoms with Crippen molar-refractivity contribution in [2.24, 2.45) is 5.73 Å². The van der Waals surface area contributed by atoms with Crippen LogP contribution in [-0.2, 0) is 4.74 Å². The minimum atomic E-state index is -0.859. The van der Waals surface area contributed by atoms with E-state index in [1.165, 1.54) is 0 Å². The number of benzene rings is 2. The summed E-state index contributed by atoms with van der Waals surface area (Å²) >= 11 is 6.31. The number of nitriles is 1. The Bertz CT molecular complexity index is 1090. The topological polar surface area (TPSA) is 93.2 Å². The van der Waals surface area contributed by atoms with E-state index in [2.05, 4.69) is 0 Å². The van der Waals surface area contributed by atoms with Gasteiger partial charge in [0.1, 0.15) is 11.6 Å². The average Bonchev–Trinajstić information content (AvgIpc) is 2.65. The molecule has 0 spiro atoms. The first kappa shape index (κ1) is 16.1. The Labute approximate surface area is 153 Å². The third kappa shape index (κ3) is 2.17. The summed E-state index contributed by atoms with van der Waals surface area (Å²) in [4.78, 5) is 26.0. The van der Waals surface area contributed by atoms with Gasteiger partial charge in [0.15, 0.2) is 11.5 Å². The van der Waals surface area contributed by atoms with Gasteiger partial charge < -0.3 is 10.5 Å². The Hall–Kier alpha value is -3.36. The fourth-order valence-corrected chi connectivity index (χ4v) is 3.57. The highest BCUT2D eigenvalue weighted by Crippen LogP contribution is 2.45. The van der Waals surface area contributed by atoms with E-state index in [0.29, 0.717) is 10.6 Å². The third-order valence-corrected chi connectivity index (χ3v) is 4.85. The molecule has 0 amide bonds. The number of halogens is 1. The largest absolute Gasteiger partial charge is 0.436 e. The number of nitrogens with zero attached hydrogens (tertiary/aromatic N) is 1. The predicted octanol–water partition coefficient (Wildman–Crippen LogP) is 3.48. The number of hydrogen-bond donors (Lipinski definition) is 1. The van der Waals surface area contributed by atoms with Crippen LogP contribution in [0.25, 0.3) is 0 Å². The molecular weight excluding hydrogens is 352 g/mol. The van der Waals surface area contributed by atoms with Gasteiger partial charge in [-0.3, -0.25) is 9.59 Å². The number of nitrogens with two attached hydrogens (primary N) is 1. The first-order valence-electron chi connectivity index (χ1n) is 7.79. The van der Waals surface area contributed by atoms with Crippen LogP contribution in [0.1, 0.15) is 32.2 Å². The quantitative estimate of drug-likeness (QED) is 0.838. The maximum atomic E-state index is 13.2. The van der Waals surface area contributed by atoms with Gasteiger partial charge in [0.25, 0.3) is 0 Å². The lowest BCUT2D eigenvalue weighted by Gasteiger charge is -2.31. The van der Waals surface area contributed by atoms with Crippen LogP contribution in [0.15, 0.2) is 71.3 Å². The Balaban J connectivity index is 2.01. The van der Waals surface area contributed by atoms with Crippen molar-refractivity contribution < 1.29 is 14.3 Å². The number of ether oxygens (including phenoxy) is 1. The van der Waals surface area contributed by atoms with Crippen LogP contribution >= 0.6 is 11.6 Å². The molecule has 1 unspecified atom stereocenters. The van der Waals surface area contributed by atoms with E-state index >= 15 is 0 Å². The van der Waals surface area contributed by atoms with Crippen LogP contribution in [0.4, 0.5) is 0 Å². The molecule has 1 aliphatic carbocycles.